The molecule has 4 rings (SSSR count). The van der Waals surface area contributed by atoms with E-state index in [9.17, 15) is 5.26 Å². The quantitative estimate of drug-likeness (QED) is 0.701. The number of nitrogens with one attached hydrogen (secondary N) is 3. The van der Waals surface area contributed by atoms with Gasteiger partial charge in [-0.2, -0.15) is 5.26 Å². The Morgan fingerprint density at radius 3 is 2.54 bits per heavy atom. The van der Waals surface area contributed by atoms with Crippen molar-refractivity contribution in [3.63, 3.8) is 0 Å². The smallest absolute Gasteiger partial charge is 0.223 e. The second-order valence-electron chi connectivity index (χ2n) is 7.85. The van der Waals surface area contributed by atoms with Crippen LogP contribution in [0.3, 0.4) is 0 Å². The van der Waals surface area contributed by atoms with E-state index in [1.54, 1.807) is 0 Å². The second-order valence-corrected chi connectivity index (χ2v) is 7.85. The van der Waals surface area contributed by atoms with Crippen LogP contribution in [-0.4, -0.2) is 22.1 Å². The van der Waals surface area contributed by atoms with Crippen LogP contribution in [-0.2, 0) is 6.42 Å². The van der Waals surface area contributed by atoms with Crippen LogP contribution in [0.4, 0.5) is 5.95 Å². The summed E-state index contributed by atoms with van der Waals surface area (Å²) in [5.74, 6) is 1.66. The van der Waals surface area contributed by atoms with Gasteiger partial charge in [0.2, 0.25) is 5.95 Å². The summed E-state index contributed by atoms with van der Waals surface area (Å²) in [5, 5.41) is 19.7. The first-order chi connectivity index (χ1) is 13.8. The van der Waals surface area contributed by atoms with Gasteiger partial charge in [0.1, 0.15) is 5.82 Å². The SMILES string of the molecule is N#CCc1nc(NC2CCCC2)ncc1C=C1C=CC=C(NC2CCCC2)N1. The highest BCUT2D eigenvalue weighted by molar-refractivity contribution is 5.59. The predicted molar refractivity (Wildman–Crippen MR) is 111 cm³/mol. The van der Waals surface area contributed by atoms with Crippen LogP contribution in [0.5, 0.6) is 0 Å². The van der Waals surface area contributed by atoms with Gasteiger partial charge in [0.25, 0.3) is 0 Å². The fourth-order valence-electron chi connectivity index (χ4n) is 4.20. The Kier molecular flexibility index (Phi) is 5.91. The van der Waals surface area contributed by atoms with Crippen LogP contribution in [0.1, 0.15) is 62.6 Å². The van der Waals surface area contributed by atoms with Crippen molar-refractivity contribution in [3.05, 3.63) is 47.2 Å². The number of nitriles is 1. The number of allylic oxidation sites excluding steroid dienone is 3. The van der Waals surface area contributed by atoms with E-state index in [2.05, 4.69) is 38.1 Å². The molecule has 2 saturated carbocycles. The molecule has 1 aromatic rings. The standard InChI is InChI=1S/C22H28N6/c23-13-12-20-16(15-24-22(28-20)27-18-8-3-4-9-18)14-19-10-5-11-21(26-19)25-17-6-1-2-7-17/h5,10-11,14-15,17-18,25-26H,1-4,6-9,12H2,(H,24,27,28). The van der Waals surface area contributed by atoms with E-state index < -0.39 is 0 Å². The number of hydrogen-bond acceptors (Lipinski definition) is 6. The molecule has 0 aromatic carbocycles. The third kappa shape index (κ3) is 4.72. The fourth-order valence-corrected chi connectivity index (χ4v) is 4.20. The zero-order chi connectivity index (χ0) is 19.2. The number of hydrogen-bond donors (Lipinski definition) is 3. The molecule has 6 nitrogen and oxygen atoms in total. The normalized spacial score (nSPS) is 21.4. The van der Waals surface area contributed by atoms with Crippen molar-refractivity contribution in [1.82, 2.24) is 20.6 Å². The van der Waals surface area contributed by atoms with E-state index in [4.69, 9.17) is 0 Å². The molecule has 0 radical (unpaired) electrons. The summed E-state index contributed by atoms with van der Waals surface area (Å²) in [5.41, 5.74) is 2.62. The molecule has 0 saturated heterocycles. The highest BCUT2D eigenvalue weighted by Crippen LogP contribution is 2.22. The van der Waals surface area contributed by atoms with Gasteiger partial charge in [-0.25, -0.2) is 9.97 Å². The minimum absolute atomic E-state index is 0.272. The van der Waals surface area contributed by atoms with Crippen molar-refractivity contribution < 1.29 is 0 Å². The monoisotopic (exact) mass is 376 g/mol. The van der Waals surface area contributed by atoms with Crippen LogP contribution in [0.25, 0.3) is 6.08 Å². The number of dihydropyridines is 1. The van der Waals surface area contributed by atoms with E-state index >= 15 is 0 Å². The molecule has 2 heterocycles. The first kappa shape index (κ1) is 18.5. The average molecular weight is 377 g/mol. The topological polar surface area (TPSA) is 85.7 Å². The minimum Gasteiger partial charge on any atom is -0.369 e. The summed E-state index contributed by atoms with van der Waals surface area (Å²) < 4.78 is 0. The van der Waals surface area contributed by atoms with Gasteiger partial charge in [-0.1, -0.05) is 31.8 Å². The van der Waals surface area contributed by atoms with Gasteiger partial charge in [0.15, 0.2) is 0 Å². The summed E-state index contributed by atoms with van der Waals surface area (Å²) in [6.45, 7) is 0. The Hall–Kier alpha value is -2.81. The average Bonchev–Trinajstić information content (AvgIpc) is 3.39. The van der Waals surface area contributed by atoms with Gasteiger partial charge in [0.05, 0.1) is 18.2 Å². The maximum Gasteiger partial charge on any atom is 0.223 e. The van der Waals surface area contributed by atoms with Crippen LogP contribution in [0.15, 0.2) is 35.9 Å². The van der Waals surface area contributed by atoms with Crippen molar-refractivity contribution in [3.8, 4) is 6.07 Å². The Labute approximate surface area is 166 Å². The van der Waals surface area contributed by atoms with E-state index in [1.165, 1.54) is 51.4 Å². The highest BCUT2D eigenvalue weighted by Gasteiger charge is 2.18. The van der Waals surface area contributed by atoms with Crippen LogP contribution >= 0.6 is 0 Å². The molecule has 3 aliphatic rings. The molecule has 0 spiro atoms. The minimum atomic E-state index is 0.272. The Morgan fingerprint density at radius 2 is 1.82 bits per heavy atom. The van der Waals surface area contributed by atoms with Gasteiger partial charge in [-0.3, -0.25) is 0 Å². The lowest BCUT2D eigenvalue weighted by Gasteiger charge is -2.21. The molecule has 0 unspecified atom stereocenters. The second kappa shape index (κ2) is 8.92. The molecule has 2 fully saturated rings. The van der Waals surface area contributed by atoms with Crippen molar-refractivity contribution >= 4 is 12.0 Å². The van der Waals surface area contributed by atoms with Crippen molar-refractivity contribution in [2.75, 3.05) is 5.32 Å². The predicted octanol–water partition coefficient (Wildman–Crippen LogP) is 3.77. The Bertz CT molecular complexity index is 820. The van der Waals surface area contributed by atoms with Crippen molar-refractivity contribution in [2.24, 2.45) is 0 Å². The summed E-state index contributed by atoms with van der Waals surface area (Å²) >= 11 is 0. The van der Waals surface area contributed by atoms with Gasteiger partial charge in [0, 0.05) is 29.5 Å². The van der Waals surface area contributed by atoms with E-state index in [1.807, 2.05) is 24.4 Å². The number of rotatable bonds is 6. The molecule has 1 aliphatic heterocycles. The number of anilines is 1. The zero-order valence-electron chi connectivity index (χ0n) is 16.2. The lowest BCUT2D eigenvalue weighted by atomic mass is 10.1. The van der Waals surface area contributed by atoms with Gasteiger partial charge in [-0.15, -0.1) is 0 Å². The molecule has 28 heavy (non-hydrogen) atoms. The van der Waals surface area contributed by atoms with Gasteiger partial charge >= 0.3 is 0 Å². The third-order valence-electron chi connectivity index (χ3n) is 5.68. The molecule has 0 amide bonds. The maximum atomic E-state index is 9.23. The first-order valence-electron chi connectivity index (χ1n) is 10.4. The van der Waals surface area contributed by atoms with Crippen molar-refractivity contribution in [2.45, 2.75) is 69.9 Å². The molecule has 2 aliphatic carbocycles. The van der Waals surface area contributed by atoms with Crippen LogP contribution in [0, 0.1) is 11.3 Å². The molecule has 1 aromatic heterocycles. The lowest BCUT2D eigenvalue weighted by molar-refractivity contribution is 0.563. The largest absolute Gasteiger partial charge is 0.369 e. The van der Waals surface area contributed by atoms with E-state index in [0.717, 1.165) is 22.8 Å². The number of aromatic nitrogens is 2. The molecule has 0 bridgehead atoms. The van der Waals surface area contributed by atoms with Crippen LogP contribution in [0.2, 0.25) is 0 Å². The molecule has 3 N–H and O–H groups in total. The summed E-state index contributed by atoms with van der Waals surface area (Å²) in [6, 6.07) is 3.25. The van der Waals surface area contributed by atoms with Crippen LogP contribution < -0.4 is 16.0 Å². The summed E-state index contributed by atoms with van der Waals surface area (Å²) in [7, 11) is 0. The first-order valence-corrected chi connectivity index (χ1v) is 10.4. The molecular weight excluding hydrogens is 348 g/mol. The Balaban J connectivity index is 1.47. The number of nitrogens with zero attached hydrogens (tertiary/aromatic N) is 3. The Morgan fingerprint density at radius 1 is 1.11 bits per heavy atom. The maximum absolute atomic E-state index is 9.23. The zero-order valence-corrected chi connectivity index (χ0v) is 16.2. The third-order valence-corrected chi connectivity index (χ3v) is 5.68. The highest BCUT2D eigenvalue weighted by atomic mass is 15.1. The molecular formula is C22H28N6. The fraction of sp³-hybridized carbons (Fsp3) is 0.500. The lowest BCUT2D eigenvalue weighted by Crippen LogP contribution is -2.33. The summed E-state index contributed by atoms with van der Waals surface area (Å²) in [4.78, 5) is 9.12. The van der Waals surface area contributed by atoms with Crippen molar-refractivity contribution in [1.29, 1.82) is 5.26 Å². The molecule has 6 heteroatoms. The van der Waals surface area contributed by atoms with E-state index in [-0.39, 0.29) is 6.42 Å². The van der Waals surface area contributed by atoms with Gasteiger partial charge < -0.3 is 16.0 Å². The molecule has 0 atom stereocenters. The molecule has 146 valence electrons. The van der Waals surface area contributed by atoms with Gasteiger partial charge in [-0.05, 0) is 43.9 Å². The van der Waals surface area contributed by atoms with E-state index in [0.29, 0.717) is 18.0 Å². The summed E-state index contributed by atoms with van der Waals surface area (Å²) in [6.07, 6.45) is 20.2.